The molecule has 1 aliphatic rings. The van der Waals surface area contributed by atoms with Crippen LogP contribution in [-0.2, 0) is 0 Å². The maximum atomic E-state index is 9.44. The molecule has 0 spiro atoms. The summed E-state index contributed by atoms with van der Waals surface area (Å²) in [6.07, 6.45) is 2.24. The Kier molecular flexibility index (Phi) is 3.98. The van der Waals surface area contributed by atoms with Crippen molar-refractivity contribution in [1.29, 1.82) is 0 Å². The number of aromatic amines is 1. The fourth-order valence-corrected chi connectivity index (χ4v) is 3.69. The number of ether oxygens (including phenoxy) is 1. The molecule has 4 heteroatoms. The van der Waals surface area contributed by atoms with Crippen molar-refractivity contribution in [3.05, 3.63) is 53.6 Å². The molecular weight excluding hydrogens is 312 g/mol. The number of β-amino-alcohol motifs (C(OH)–C–C–N with tert-alkyl or cyclic N) is 1. The topological polar surface area (TPSA) is 48.5 Å². The van der Waals surface area contributed by atoms with Gasteiger partial charge in [0.15, 0.2) is 0 Å². The highest BCUT2D eigenvalue weighted by molar-refractivity contribution is 6.08. The van der Waals surface area contributed by atoms with Crippen LogP contribution in [0.15, 0.2) is 48.0 Å². The summed E-state index contributed by atoms with van der Waals surface area (Å²) >= 11 is 0. The first kappa shape index (κ1) is 15.8. The van der Waals surface area contributed by atoms with Crippen molar-refractivity contribution in [2.24, 2.45) is 0 Å². The first-order valence-electron chi connectivity index (χ1n) is 8.54. The molecule has 4 nitrogen and oxygen atoms in total. The zero-order valence-electron chi connectivity index (χ0n) is 14.5. The number of hydrogen-bond acceptors (Lipinski definition) is 3. The molecule has 25 heavy (non-hydrogen) atoms. The van der Waals surface area contributed by atoms with Crippen molar-refractivity contribution < 1.29 is 9.84 Å². The number of H-pyrrole nitrogens is 1. The maximum absolute atomic E-state index is 9.44. The number of rotatable bonds is 4. The number of aliphatic hydroxyl groups excluding tert-OH is 1. The number of anilines is 1. The van der Waals surface area contributed by atoms with E-state index in [1.165, 1.54) is 27.6 Å². The van der Waals surface area contributed by atoms with E-state index in [-0.39, 0.29) is 6.61 Å². The summed E-state index contributed by atoms with van der Waals surface area (Å²) < 4.78 is 5.60. The number of nitrogens with zero attached hydrogens (tertiary/aromatic N) is 1. The fourth-order valence-electron chi connectivity index (χ4n) is 3.69. The van der Waals surface area contributed by atoms with E-state index in [0.29, 0.717) is 6.54 Å². The van der Waals surface area contributed by atoms with Crippen LogP contribution in [0.2, 0.25) is 0 Å². The minimum absolute atomic E-state index is 0.130. The summed E-state index contributed by atoms with van der Waals surface area (Å²) in [5.74, 6) is 1.88. The van der Waals surface area contributed by atoms with Gasteiger partial charge in [-0.3, -0.25) is 0 Å². The van der Waals surface area contributed by atoms with Gasteiger partial charge in [-0.1, -0.05) is 35.9 Å². The molecule has 0 radical (unpaired) electrons. The molecule has 2 aromatic carbocycles. The van der Waals surface area contributed by atoms with Crippen LogP contribution in [0.3, 0.4) is 0 Å². The van der Waals surface area contributed by atoms with Crippen molar-refractivity contribution in [3.63, 3.8) is 0 Å². The van der Waals surface area contributed by atoms with Crippen LogP contribution in [0.5, 0.6) is 5.75 Å². The highest BCUT2D eigenvalue weighted by Gasteiger charge is 2.24. The lowest BCUT2D eigenvalue weighted by molar-refractivity contribution is 0.302. The van der Waals surface area contributed by atoms with Gasteiger partial charge < -0.3 is 19.7 Å². The smallest absolute Gasteiger partial charge is 0.143 e. The second-order valence-corrected chi connectivity index (χ2v) is 6.45. The molecule has 2 heterocycles. The highest BCUT2D eigenvalue weighted by atomic mass is 16.5. The van der Waals surface area contributed by atoms with E-state index in [0.717, 1.165) is 23.6 Å². The lowest BCUT2D eigenvalue weighted by atomic mass is 9.96. The van der Waals surface area contributed by atoms with Gasteiger partial charge in [-0.15, -0.1) is 0 Å². The van der Waals surface area contributed by atoms with E-state index in [9.17, 15) is 5.11 Å². The van der Waals surface area contributed by atoms with Crippen molar-refractivity contribution in [3.8, 4) is 16.9 Å². The zero-order valence-corrected chi connectivity index (χ0v) is 14.5. The SMILES string of the molecule is COc1ccc(-c2ccccc2)c2c3c([nH]c12)N(CCO)CC(C)=C3. The Labute approximate surface area is 147 Å². The second kappa shape index (κ2) is 6.30. The van der Waals surface area contributed by atoms with Gasteiger partial charge >= 0.3 is 0 Å². The molecule has 1 aromatic heterocycles. The standard InChI is InChI=1S/C21H22N2O2/c1-14-12-17-19-16(15-6-4-3-5-7-15)8-9-18(25-2)20(19)22-21(17)23(13-14)10-11-24/h3-9,12,22,24H,10-11,13H2,1-2H3. The molecular formula is C21H22N2O2. The Bertz CT molecular complexity index is 941. The number of nitrogens with one attached hydrogen (secondary N) is 1. The fraction of sp³-hybridized carbons (Fsp3) is 0.238. The summed E-state index contributed by atoms with van der Waals surface area (Å²) in [5, 5.41) is 10.6. The number of aromatic nitrogens is 1. The molecule has 0 amide bonds. The van der Waals surface area contributed by atoms with E-state index in [1.807, 2.05) is 12.1 Å². The Morgan fingerprint density at radius 3 is 2.68 bits per heavy atom. The van der Waals surface area contributed by atoms with E-state index in [4.69, 9.17) is 4.74 Å². The molecule has 0 fully saturated rings. The third kappa shape index (κ3) is 2.59. The van der Waals surface area contributed by atoms with Crippen LogP contribution in [-0.4, -0.2) is 36.9 Å². The van der Waals surface area contributed by atoms with Crippen molar-refractivity contribution in [1.82, 2.24) is 4.98 Å². The summed E-state index contributed by atoms with van der Waals surface area (Å²) in [6, 6.07) is 14.5. The zero-order chi connectivity index (χ0) is 17.4. The first-order chi connectivity index (χ1) is 12.2. The molecule has 3 aromatic rings. The van der Waals surface area contributed by atoms with Gasteiger partial charge in [0.1, 0.15) is 11.6 Å². The van der Waals surface area contributed by atoms with Gasteiger partial charge in [-0.05, 0) is 36.3 Å². The largest absolute Gasteiger partial charge is 0.495 e. The molecule has 0 aliphatic carbocycles. The van der Waals surface area contributed by atoms with E-state index >= 15 is 0 Å². The van der Waals surface area contributed by atoms with E-state index < -0.39 is 0 Å². The predicted molar refractivity (Wildman–Crippen MR) is 103 cm³/mol. The molecule has 0 unspecified atom stereocenters. The molecule has 1 aliphatic heterocycles. The quantitative estimate of drug-likeness (QED) is 0.756. The lowest BCUT2D eigenvalue weighted by Crippen LogP contribution is -2.30. The minimum atomic E-state index is 0.130. The number of hydrogen-bond donors (Lipinski definition) is 2. The summed E-state index contributed by atoms with van der Waals surface area (Å²) in [7, 11) is 1.70. The normalized spacial score (nSPS) is 13.7. The predicted octanol–water partition coefficient (Wildman–Crippen LogP) is 4.06. The Morgan fingerprint density at radius 2 is 1.96 bits per heavy atom. The average Bonchev–Trinajstić information content (AvgIpc) is 3.02. The summed E-state index contributed by atoms with van der Waals surface area (Å²) in [6.45, 7) is 3.69. The summed E-state index contributed by atoms with van der Waals surface area (Å²) in [5.41, 5.74) is 5.82. The summed E-state index contributed by atoms with van der Waals surface area (Å²) in [4.78, 5) is 5.74. The number of benzene rings is 2. The number of aliphatic hydroxyl groups is 1. The molecule has 0 saturated carbocycles. The number of fused-ring (bicyclic) bond motifs is 3. The first-order valence-corrected chi connectivity index (χ1v) is 8.54. The third-order valence-electron chi connectivity index (χ3n) is 4.76. The highest BCUT2D eigenvalue weighted by Crippen LogP contribution is 2.43. The molecule has 0 bridgehead atoms. The van der Waals surface area contributed by atoms with Gasteiger partial charge in [0, 0.05) is 24.0 Å². The van der Waals surface area contributed by atoms with Gasteiger partial charge in [-0.2, -0.15) is 0 Å². The second-order valence-electron chi connectivity index (χ2n) is 6.45. The van der Waals surface area contributed by atoms with Crippen LogP contribution >= 0.6 is 0 Å². The molecule has 4 rings (SSSR count). The number of methoxy groups -OCH3 is 1. The van der Waals surface area contributed by atoms with Crippen LogP contribution in [0.1, 0.15) is 12.5 Å². The minimum Gasteiger partial charge on any atom is -0.495 e. The van der Waals surface area contributed by atoms with Gasteiger partial charge in [-0.25, -0.2) is 0 Å². The Balaban J connectivity index is 2.04. The van der Waals surface area contributed by atoms with Crippen molar-refractivity contribution >= 4 is 22.8 Å². The van der Waals surface area contributed by atoms with Gasteiger partial charge in [0.25, 0.3) is 0 Å². The Morgan fingerprint density at radius 1 is 1.16 bits per heavy atom. The van der Waals surface area contributed by atoms with E-state index in [2.05, 4.69) is 53.2 Å². The molecule has 0 saturated heterocycles. The van der Waals surface area contributed by atoms with Gasteiger partial charge in [0.05, 0.1) is 19.2 Å². The van der Waals surface area contributed by atoms with E-state index in [1.54, 1.807) is 7.11 Å². The van der Waals surface area contributed by atoms with Gasteiger partial charge in [0.2, 0.25) is 0 Å². The van der Waals surface area contributed by atoms with Crippen LogP contribution in [0, 0.1) is 0 Å². The molecule has 0 atom stereocenters. The third-order valence-corrected chi connectivity index (χ3v) is 4.76. The lowest BCUT2D eigenvalue weighted by Gasteiger charge is -2.27. The average molecular weight is 334 g/mol. The van der Waals surface area contributed by atoms with Crippen LogP contribution < -0.4 is 9.64 Å². The molecule has 2 N–H and O–H groups in total. The van der Waals surface area contributed by atoms with Crippen molar-refractivity contribution in [2.75, 3.05) is 31.7 Å². The maximum Gasteiger partial charge on any atom is 0.143 e. The van der Waals surface area contributed by atoms with Crippen LogP contribution in [0.25, 0.3) is 28.1 Å². The Hall–Kier alpha value is -2.72. The monoisotopic (exact) mass is 334 g/mol. The van der Waals surface area contributed by atoms with Crippen LogP contribution in [0.4, 0.5) is 5.82 Å². The molecule has 128 valence electrons. The van der Waals surface area contributed by atoms with Crippen molar-refractivity contribution in [2.45, 2.75) is 6.92 Å².